The molecule has 3 aliphatic carbocycles. The molecular weight excluding hydrogens is 256 g/mol. The van der Waals surface area contributed by atoms with E-state index in [0.717, 1.165) is 12.8 Å². The number of carbonyl (C=O) groups excluding carboxylic acids is 1. The van der Waals surface area contributed by atoms with Crippen LogP contribution in [0.25, 0.3) is 0 Å². The van der Waals surface area contributed by atoms with Gasteiger partial charge in [0.15, 0.2) is 0 Å². The van der Waals surface area contributed by atoms with E-state index in [0.29, 0.717) is 23.2 Å². The minimum atomic E-state index is -0.100. The monoisotopic (exact) mass is 286 g/mol. The third-order valence-electron chi connectivity index (χ3n) is 6.90. The van der Waals surface area contributed by atoms with E-state index in [9.17, 15) is 4.79 Å². The quantitative estimate of drug-likeness (QED) is 0.628. The van der Waals surface area contributed by atoms with E-state index in [4.69, 9.17) is 0 Å². The zero-order valence-electron chi connectivity index (χ0n) is 14.1. The molecule has 0 aliphatic heterocycles. The van der Waals surface area contributed by atoms with Crippen molar-refractivity contribution in [3.63, 3.8) is 0 Å². The second-order valence-corrected chi connectivity index (χ2v) is 8.44. The smallest absolute Gasteiger partial charge is 0.126 e. The normalized spacial score (nSPS) is 42.7. The molecular formula is C20H30O. The Morgan fingerprint density at radius 2 is 2.05 bits per heavy atom. The van der Waals surface area contributed by atoms with Crippen molar-refractivity contribution in [3.05, 3.63) is 23.3 Å². The molecule has 0 aromatic heterocycles. The summed E-state index contributed by atoms with van der Waals surface area (Å²) in [5.74, 6) is 1.89. The summed E-state index contributed by atoms with van der Waals surface area (Å²) >= 11 is 0. The van der Waals surface area contributed by atoms with Crippen LogP contribution in [0.15, 0.2) is 23.3 Å². The molecule has 116 valence electrons. The van der Waals surface area contributed by atoms with Gasteiger partial charge < -0.3 is 4.79 Å². The van der Waals surface area contributed by atoms with Crippen LogP contribution in [0.2, 0.25) is 0 Å². The Kier molecular flexibility index (Phi) is 3.66. The van der Waals surface area contributed by atoms with Crippen molar-refractivity contribution in [2.45, 2.75) is 66.2 Å². The third-order valence-corrected chi connectivity index (χ3v) is 6.90. The SMILES string of the molecule is CC(C)C1=CC2=CCC3[C@@](C)(C=O)CCC[C@]3(C)[C@H]2CC1. The zero-order chi connectivity index (χ0) is 15.3. The molecule has 1 heteroatoms. The first kappa shape index (κ1) is 15.1. The van der Waals surface area contributed by atoms with Gasteiger partial charge in [0, 0.05) is 5.41 Å². The van der Waals surface area contributed by atoms with Gasteiger partial charge >= 0.3 is 0 Å². The van der Waals surface area contributed by atoms with Gasteiger partial charge in [-0.05, 0) is 60.8 Å². The molecule has 4 atom stereocenters. The van der Waals surface area contributed by atoms with Gasteiger partial charge in [0.1, 0.15) is 6.29 Å². The number of allylic oxidation sites excluding steroid dienone is 4. The van der Waals surface area contributed by atoms with Crippen LogP contribution in [0.5, 0.6) is 0 Å². The van der Waals surface area contributed by atoms with Crippen molar-refractivity contribution in [3.8, 4) is 0 Å². The Morgan fingerprint density at radius 1 is 1.29 bits per heavy atom. The Bertz CT molecular complexity index is 498. The number of aldehydes is 1. The fourth-order valence-corrected chi connectivity index (χ4v) is 5.53. The molecule has 0 aromatic rings. The topological polar surface area (TPSA) is 17.1 Å². The predicted octanol–water partition coefficient (Wildman–Crippen LogP) is 5.32. The van der Waals surface area contributed by atoms with Crippen molar-refractivity contribution >= 4 is 6.29 Å². The summed E-state index contributed by atoms with van der Waals surface area (Å²) in [7, 11) is 0. The lowest BCUT2D eigenvalue weighted by molar-refractivity contribution is -0.128. The average molecular weight is 286 g/mol. The molecule has 3 aliphatic rings. The lowest BCUT2D eigenvalue weighted by Crippen LogP contribution is -2.50. The van der Waals surface area contributed by atoms with Crippen LogP contribution in [0.4, 0.5) is 0 Å². The first-order valence-electron chi connectivity index (χ1n) is 8.77. The van der Waals surface area contributed by atoms with Crippen LogP contribution in [0, 0.1) is 28.6 Å². The molecule has 0 saturated heterocycles. The van der Waals surface area contributed by atoms with E-state index in [1.165, 1.54) is 32.0 Å². The predicted molar refractivity (Wildman–Crippen MR) is 88.0 cm³/mol. The van der Waals surface area contributed by atoms with Crippen molar-refractivity contribution in [1.29, 1.82) is 0 Å². The summed E-state index contributed by atoms with van der Waals surface area (Å²) in [6.45, 7) is 9.30. The molecule has 0 spiro atoms. The fraction of sp³-hybridized carbons (Fsp3) is 0.750. The fourth-order valence-electron chi connectivity index (χ4n) is 5.53. The number of hydrogen-bond acceptors (Lipinski definition) is 1. The minimum absolute atomic E-state index is 0.100. The molecule has 3 rings (SSSR count). The molecule has 1 nitrogen and oxygen atoms in total. The number of rotatable bonds is 2. The average Bonchev–Trinajstić information content (AvgIpc) is 2.46. The highest BCUT2D eigenvalue weighted by molar-refractivity contribution is 5.60. The maximum atomic E-state index is 11.7. The number of fused-ring (bicyclic) bond motifs is 3. The van der Waals surface area contributed by atoms with Crippen LogP contribution in [-0.2, 0) is 4.79 Å². The maximum Gasteiger partial charge on any atom is 0.126 e. The van der Waals surface area contributed by atoms with Crippen molar-refractivity contribution < 1.29 is 4.79 Å². The number of carbonyl (C=O) groups is 1. The van der Waals surface area contributed by atoms with E-state index < -0.39 is 0 Å². The highest BCUT2D eigenvalue weighted by atomic mass is 16.1. The Labute approximate surface area is 129 Å². The van der Waals surface area contributed by atoms with Gasteiger partial charge in [-0.3, -0.25) is 0 Å². The van der Waals surface area contributed by atoms with Gasteiger partial charge in [-0.2, -0.15) is 0 Å². The molecule has 1 unspecified atom stereocenters. The van der Waals surface area contributed by atoms with Gasteiger partial charge in [0.25, 0.3) is 0 Å². The van der Waals surface area contributed by atoms with Gasteiger partial charge in [0.2, 0.25) is 0 Å². The molecule has 0 radical (unpaired) electrons. The molecule has 0 N–H and O–H groups in total. The summed E-state index contributed by atoms with van der Waals surface area (Å²) in [5, 5.41) is 0. The highest BCUT2D eigenvalue weighted by Gasteiger charge is 2.54. The molecule has 1 fully saturated rings. The zero-order valence-corrected chi connectivity index (χ0v) is 14.1. The third kappa shape index (κ3) is 2.24. The van der Waals surface area contributed by atoms with Crippen molar-refractivity contribution in [1.82, 2.24) is 0 Å². The molecule has 0 bridgehead atoms. The lowest BCUT2D eigenvalue weighted by atomic mass is 9.47. The Morgan fingerprint density at radius 3 is 2.71 bits per heavy atom. The minimum Gasteiger partial charge on any atom is -0.303 e. The summed E-state index contributed by atoms with van der Waals surface area (Å²) in [4.78, 5) is 11.7. The van der Waals surface area contributed by atoms with Crippen LogP contribution in [-0.4, -0.2) is 6.29 Å². The molecule has 21 heavy (non-hydrogen) atoms. The summed E-state index contributed by atoms with van der Waals surface area (Å²) in [6, 6.07) is 0. The second kappa shape index (κ2) is 5.11. The first-order chi connectivity index (χ1) is 9.90. The van der Waals surface area contributed by atoms with E-state index in [1.807, 2.05) is 0 Å². The van der Waals surface area contributed by atoms with Gasteiger partial charge in [0.05, 0.1) is 0 Å². The highest BCUT2D eigenvalue weighted by Crippen LogP contribution is 2.61. The molecule has 0 aromatic carbocycles. The van der Waals surface area contributed by atoms with Crippen LogP contribution < -0.4 is 0 Å². The van der Waals surface area contributed by atoms with E-state index in [2.05, 4.69) is 39.8 Å². The largest absolute Gasteiger partial charge is 0.303 e. The summed E-state index contributed by atoms with van der Waals surface area (Å²) < 4.78 is 0. The summed E-state index contributed by atoms with van der Waals surface area (Å²) in [5.41, 5.74) is 3.43. The van der Waals surface area contributed by atoms with Crippen molar-refractivity contribution in [2.75, 3.05) is 0 Å². The van der Waals surface area contributed by atoms with Crippen LogP contribution >= 0.6 is 0 Å². The van der Waals surface area contributed by atoms with Crippen LogP contribution in [0.3, 0.4) is 0 Å². The van der Waals surface area contributed by atoms with Gasteiger partial charge in [-0.15, -0.1) is 0 Å². The van der Waals surface area contributed by atoms with Gasteiger partial charge in [-0.1, -0.05) is 51.8 Å². The maximum absolute atomic E-state index is 11.7. The second-order valence-electron chi connectivity index (χ2n) is 8.44. The van der Waals surface area contributed by atoms with Crippen LogP contribution in [0.1, 0.15) is 66.2 Å². The molecule has 1 saturated carbocycles. The Hall–Kier alpha value is -0.850. The first-order valence-corrected chi connectivity index (χ1v) is 8.77. The number of hydrogen-bond donors (Lipinski definition) is 0. The van der Waals surface area contributed by atoms with E-state index >= 15 is 0 Å². The standard InChI is InChI=1S/C20H30O/c1-14(2)15-6-8-17-16(12-15)7-9-18-19(3,13-21)10-5-11-20(17,18)4/h7,12-14,17-18H,5-6,8-11H2,1-4H3/t17-,18?,19+,20+/m0/s1. The molecule has 0 heterocycles. The van der Waals surface area contributed by atoms with Gasteiger partial charge in [-0.25, -0.2) is 0 Å². The van der Waals surface area contributed by atoms with Crippen molar-refractivity contribution in [2.24, 2.45) is 28.6 Å². The van der Waals surface area contributed by atoms with E-state index in [-0.39, 0.29) is 5.41 Å². The lowest BCUT2D eigenvalue weighted by Gasteiger charge is -2.57. The summed E-state index contributed by atoms with van der Waals surface area (Å²) in [6.07, 6.45) is 13.5. The molecule has 0 amide bonds. The Balaban J connectivity index is 1.99. The van der Waals surface area contributed by atoms with E-state index in [1.54, 1.807) is 11.1 Å².